The highest BCUT2D eigenvalue weighted by molar-refractivity contribution is 6.62. The van der Waals surface area contributed by atoms with Gasteiger partial charge in [0.15, 0.2) is 0 Å². The van der Waals surface area contributed by atoms with Crippen molar-refractivity contribution in [3.63, 3.8) is 0 Å². The van der Waals surface area contributed by atoms with Gasteiger partial charge in [0.25, 0.3) is 0 Å². The second-order valence-electron chi connectivity index (χ2n) is 6.21. The second kappa shape index (κ2) is 4.92. The first-order valence-corrected chi connectivity index (χ1v) is 6.70. The predicted molar refractivity (Wildman–Crippen MR) is 76.6 cm³/mol. The molecule has 1 aliphatic rings. The van der Waals surface area contributed by atoms with Crippen molar-refractivity contribution in [3.8, 4) is 0 Å². The van der Waals surface area contributed by atoms with Crippen LogP contribution in [-0.4, -0.2) is 31.7 Å². The standard InChI is InChI=1S/C14H19BF3NO2/c1-12(2)13(3,4)21-15(20-12)10-6-8-11(9-7-10)19(5)14(16,17)18/h6-9H,1-5H3. The summed E-state index contributed by atoms with van der Waals surface area (Å²) in [6.45, 7) is 7.72. The Kier molecular flexibility index (Phi) is 3.79. The van der Waals surface area contributed by atoms with Gasteiger partial charge in [-0.25, -0.2) is 0 Å². The molecule has 0 N–H and O–H groups in total. The molecule has 1 aromatic rings. The molecule has 0 atom stereocenters. The van der Waals surface area contributed by atoms with Gasteiger partial charge in [-0.05, 0) is 45.3 Å². The maximum Gasteiger partial charge on any atom is 0.494 e. The van der Waals surface area contributed by atoms with Gasteiger partial charge >= 0.3 is 13.4 Å². The quantitative estimate of drug-likeness (QED) is 0.619. The van der Waals surface area contributed by atoms with Crippen LogP contribution < -0.4 is 10.4 Å². The molecule has 1 aromatic carbocycles. The molecule has 21 heavy (non-hydrogen) atoms. The number of rotatable bonds is 2. The second-order valence-corrected chi connectivity index (χ2v) is 6.21. The Labute approximate surface area is 123 Å². The van der Waals surface area contributed by atoms with Crippen molar-refractivity contribution >= 4 is 18.3 Å². The molecule has 0 unspecified atom stereocenters. The summed E-state index contributed by atoms with van der Waals surface area (Å²) in [6.07, 6.45) is -4.40. The third-order valence-electron chi connectivity index (χ3n) is 4.19. The zero-order valence-electron chi connectivity index (χ0n) is 12.8. The largest absolute Gasteiger partial charge is 0.494 e. The molecule has 0 spiro atoms. The lowest BCUT2D eigenvalue weighted by Crippen LogP contribution is -2.41. The molecule has 0 amide bonds. The van der Waals surface area contributed by atoms with E-state index in [9.17, 15) is 13.2 Å². The minimum Gasteiger partial charge on any atom is -0.399 e. The highest BCUT2D eigenvalue weighted by atomic mass is 19.4. The fraction of sp³-hybridized carbons (Fsp3) is 0.571. The van der Waals surface area contributed by atoms with Crippen LogP contribution in [0.3, 0.4) is 0 Å². The average Bonchev–Trinajstić information content (AvgIpc) is 2.57. The van der Waals surface area contributed by atoms with E-state index < -0.39 is 24.6 Å². The summed E-state index contributed by atoms with van der Waals surface area (Å²) in [5.41, 5.74) is -0.172. The van der Waals surface area contributed by atoms with Crippen LogP contribution >= 0.6 is 0 Å². The van der Waals surface area contributed by atoms with E-state index >= 15 is 0 Å². The molecule has 7 heteroatoms. The van der Waals surface area contributed by atoms with Gasteiger partial charge in [-0.15, -0.1) is 0 Å². The lowest BCUT2D eigenvalue weighted by Gasteiger charge is -2.32. The Morgan fingerprint density at radius 1 is 0.952 bits per heavy atom. The summed E-state index contributed by atoms with van der Waals surface area (Å²) < 4.78 is 49.6. The van der Waals surface area contributed by atoms with Crippen molar-refractivity contribution in [2.24, 2.45) is 0 Å². The van der Waals surface area contributed by atoms with E-state index in [2.05, 4.69) is 0 Å². The average molecular weight is 301 g/mol. The lowest BCUT2D eigenvalue weighted by molar-refractivity contribution is -0.125. The minimum atomic E-state index is -4.40. The predicted octanol–water partition coefficient (Wildman–Crippen LogP) is 2.94. The zero-order chi connectivity index (χ0) is 16.1. The van der Waals surface area contributed by atoms with E-state index in [0.29, 0.717) is 5.46 Å². The molecule has 0 radical (unpaired) electrons. The van der Waals surface area contributed by atoms with Crippen molar-refractivity contribution in [1.82, 2.24) is 0 Å². The van der Waals surface area contributed by atoms with E-state index in [1.165, 1.54) is 12.1 Å². The lowest BCUT2D eigenvalue weighted by atomic mass is 9.79. The zero-order valence-corrected chi connectivity index (χ0v) is 12.8. The third kappa shape index (κ3) is 3.03. The summed E-state index contributed by atoms with van der Waals surface area (Å²) in [5.74, 6) is 0. The van der Waals surface area contributed by atoms with Crippen molar-refractivity contribution in [2.45, 2.75) is 45.2 Å². The van der Waals surface area contributed by atoms with Crippen molar-refractivity contribution < 1.29 is 22.5 Å². The third-order valence-corrected chi connectivity index (χ3v) is 4.19. The Bertz CT molecular complexity index is 498. The van der Waals surface area contributed by atoms with Crippen LogP contribution in [0, 0.1) is 0 Å². The van der Waals surface area contributed by atoms with E-state index in [0.717, 1.165) is 7.05 Å². The van der Waals surface area contributed by atoms with Crippen LogP contribution in [0.5, 0.6) is 0 Å². The molecule has 0 saturated carbocycles. The normalized spacial score (nSPS) is 20.7. The van der Waals surface area contributed by atoms with Gasteiger partial charge in [0.1, 0.15) is 0 Å². The molecule has 0 bridgehead atoms. The topological polar surface area (TPSA) is 21.7 Å². The molecule has 0 aromatic heterocycles. The smallest absolute Gasteiger partial charge is 0.399 e. The summed E-state index contributed by atoms with van der Waals surface area (Å²) in [7, 11) is 0.421. The van der Waals surface area contributed by atoms with E-state index in [-0.39, 0.29) is 10.6 Å². The van der Waals surface area contributed by atoms with E-state index in [4.69, 9.17) is 9.31 Å². The molecule has 0 aliphatic carbocycles. The maximum absolute atomic E-state index is 12.6. The van der Waals surface area contributed by atoms with Crippen molar-refractivity contribution in [1.29, 1.82) is 0 Å². The minimum absolute atomic E-state index is 0.0720. The summed E-state index contributed by atoms with van der Waals surface area (Å²) >= 11 is 0. The van der Waals surface area contributed by atoms with Gasteiger partial charge < -0.3 is 9.31 Å². The SMILES string of the molecule is CN(c1ccc(B2OC(C)(C)C(C)(C)O2)cc1)C(F)(F)F. The molecular formula is C14H19BF3NO2. The molecule has 116 valence electrons. The van der Waals surface area contributed by atoms with Crippen LogP contribution in [0.1, 0.15) is 27.7 Å². The van der Waals surface area contributed by atoms with Gasteiger partial charge in [-0.1, -0.05) is 12.1 Å². The number of nitrogens with zero attached hydrogens (tertiary/aromatic N) is 1. The number of hydrogen-bond donors (Lipinski definition) is 0. The summed E-state index contributed by atoms with van der Waals surface area (Å²) in [4.78, 5) is 0.265. The Morgan fingerprint density at radius 3 is 1.76 bits per heavy atom. The van der Waals surface area contributed by atoms with Gasteiger partial charge in [-0.3, -0.25) is 4.90 Å². The summed E-state index contributed by atoms with van der Waals surface area (Å²) in [5, 5.41) is 0. The number of anilines is 1. The highest BCUT2D eigenvalue weighted by Gasteiger charge is 2.51. The molecule has 3 nitrogen and oxygen atoms in total. The molecule has 1 aliphatic heterocycles. The first-order chi connectivity index (χ1) is 9.44. The monoisotopic (exact) mass is 301 g/mol. The number of alkyl halides is 3. The highest BCUT2D eigenvalue weighted by Crippen LogP contribution is 2.36. The van der Waals surface area contributed by atoms with Gasteiger partial charge in [-0.2, -0.15) is 13.2 Å². The van der Waals surface area contributed by atoms with Crippen molar-refractivity contribution in [3.05, 3.63) is 24.3 Å². The van der Waals surface area contributed by atoms with E-state index in [1.807, 2.05) is 27.7 Å². The fourth-order valence-corrected chi connectivity index (χ4v) is 1.98. The molecular weight excluding hydrogens is 282 g/mol. The first-order valence-electron chi connectivity index (χ1n) is 6.70. The number of halogens is 3. The van der Waals surface area contributed by atoms with Gasteiger partial charge in [0.2, 0.25) is 0 Å². The Hall–Kier alpha value is -1.21. The van der Waals surface area contributed by atoms with E-state index in [1.54, 1.807) is 12.1 Å². The first kappa shape index (κ1) is 16.2. The van der Waals surface area contributed by atoms with Crippen LogP contribution in [0.25, 0.3) is 0 Å². The van der Waals surface area contributed by atoms with Crippen LogP contribution in [0.15, 0.2) is 24.3 Å². The number of hydrogen-bond acceptors (Lipinski definition) is 3. The molecule has 2 rings (SSSR count). The van der Waals surface area contributed by atoms with Crippen LogP contribution in [0.4, 0.5) is 18.9 Å². The molecule has 1 heterocycles. The van der Waals surface area contributed by atoms with Gasteiger partial charge in [0, 0.05) is 12.7 Å². The number of benzene rings is 1. The molecule has 1 fully saturated rings. The van der Waals surface area contributed by atoms with Gasteiger partial charge in [0.05, 0.1) is 11.2 Å². The maximum atomic E-state index is 12.6. The summed E-state index contributed by atoms with van der Waals surface area (Å²) in [6, 6.07) is 6.02. The fourth-order valence-electron chi connectivity index (χ4n) is 1.98. The Balaban J connectivity index is 2.18. The van der Waals surface area contributed by atoms with Crippen LogP contribution in [-0.2, 0) is 9.31 Å². The Morgan fingerprint density at radius 2 is 1.38 bits per heavy atom. The van der Waals surface area contributed by atoms with Crippen LogP contribution in [0.2, 0.25) is 0 Å². The molecule has 1 saturated heterocycles. The van der Waals surface area contributed by atoms with Crippen molar-refractivity contribution in [2.75, 3.05) is 11.9 Å².